The lowest BCUT2D eigenvalue weighted by atomic mass is 10.0. The molecular formula is C30H40N4O5S. The Hall–Kier alpha value is -3.29. The Bertz CT molecular complexity index is 1230. The van der Waals surface area contributed by atoms with E-state index in [1.54, 1.807) is 11.0 Å². The van der Waals surface area contributed by atoms with E-state index in [1.807, 2.05) is 85.7 Å². The van der Waals surface area contributed by atoms with E-state index < -0.39 is 29.0 Å². The van der Waals surface area contributed by atoms with Gasteiger partial charge in [0.05, 0.1) is 18.2 Å². The minimum atomic E-state index is -0.827. The molecule has 40 heavy (non-hydrogen) atoms. The summed E-state index contributed by atoms with van der Waals surface area (Å²) in [6, 6.07) is 13.7. The van der Waals surface area contributed by atoms with Crippen LogP contribution in [0.3, 0.4) is 0 Å². The summed E-state index contributed by atoms with van der Waals surface area (Å²) in [5.74, 6) is 0.0565. The smallest absolute Gasteiger partial charge is 0.412 e. The highest BCUT2D eigenvalue weighted by Crippen LogP contribution is 2.43. The van der Waals surface area contributed by atoms with E-state index in [4.69, 9.17) is 14.2 Å². The molecule has 0 spiro atoms. The zero-order chi connectivity index (χ0) is 29.7. The molecule has 0 bridgehead atoms. The van der Waals surface area contributed by atoms with Gasteiger partial charge in [-0.2, -0.15) is 5.26 Å². The van der Waals surface area contributed by atoms with Crippen LogP contribution < -0.4 is 5.32 Å². The van der Waals surface area contributed by atoms with Crippen LogP contribution >= 0.6 is 11.8 Å². The van der Waals surface area contributed by atoms with Crippen LogP contribution in [-0.4, -0.2) is 58.1 Å². The molecule has 1 fully saturated rings. The number of carbonyl (C=O) groups is 2. The molecule has 1 saturated heterocycles. The van der Waals surface area contributed by atoms with E-state index >= 15 is 0 Å². The first-order chi connectivity index (χ1) is 18.6. The van der Waals surface area contributed by atoms with Gasteiger partial charge in [-0.25, -0.2) is 9.78 Å². The fourth-order valence-electron chi connectivity index (χ4n) is 4.31. The summed E-state index contributed by atoms with van der Waals surface area (Å²) in [5, 5.41) is 12.7. The Morgan fingerprint density at radius 2 is 1.82 bits per heavy atom. The Morgan fingerprint density at radius 3 is 2.42 bits per heavy atom. The van der Waals surface area contributed by atoms with Crippen molar-refractivity contribution in [2.24, 2.45) is 0 Å². The van der Waals surface area contributed by atoms with E-state index in [2.05, 4.69) is 16.4 Å². The number of amides is 1. The van der Waals surface area contributed by atoms with Crippen molar-refractivity contribution in [3.8, 4) is 6.07 Å². The molecule has 0 aliphatic carbocycles. The molecule has 0 radical (unpaired) electrons. The lowest BCUT2D eigenvalue weighted by molar-refractivity contribution is -0.152. The number of ether oxygens (including phenoxy) is 3. The van der Waals surface area contributed by atoms with Crippen molar-refractivity contribution < 1.29 is 23.8 Å². The summed E-state index contributed by atoms with van der Waals surface area (Å²) in [5.41, 5.74) is -0.598. The van der Waals surface area contributed by atoms with Crippen molar-refractivity contribution in [1.82, 2.24) is 9.88 Å². The number of esters is 1. The van der Waals surface area contributed by atoms with Gasteiger partial charge in [-0.15, -0.1) is 11.8 Å². The van der Waals surface area contributed by atoms with Gasteiger partial charge in [0, 0.05) is 16.3 Å². The van der Waals surface area contributed by atoms with E-state index in [1.165, 1.54) is 18.0 Å². The first kappa shape index (κ1) is 31.2. The molecule has 10 heteroatoms. The third-order valence-corrected chi connectivity index (χ3v) is 7.25. The van der Waals surface area contributed by atoms with Gasteiger partial charge in [0.1, 0.15) is 35.4 Å². The number of thioether (sulfide) groups is 1. The quantitative estimate of drug-likeness (QED) is 0.289. The third-order valence-electron chi connectivity index (χ3n) is 5.91. The molecule has 9 nitrogen and oxygen atoms in total. The predicted molar refractivity (Wildman–Crippen MR) is 155 cm³/mol. The first-order valence-electron chi connectivity index (χ1n) is 13.3. The molecule has 1 amide bonds. The van der Waals surface area contributed by atoms with Crippen LogP contribution in [0, 0.1) is 11.3 Å². The molecule has 1 aromatic carbocycles. The fraction of sp³-hybridized carbons (Fsp3) is 0.533. The summed E-state index contributed by atoms with van der Waals surface area (Å²) in [6.45, 7) is 15.0. The van der Waals surface area contributed by atoms with Gasteiger partial charge in [-0.3, -0.25) is 9.69 Å². The average molecular weight is 569 g/mol. The average Bonchev–Trinajstić information content (AvgIpc) is 3.14. The van der Waals surface area contributed by atoms with Gasteiger partial charge >= 0.3 is 12.1 Å². The van der Waals surface area contributed by atoms with Crippen LogP contribution in [0.15, 0.2) is 47.5 Å². The normalized spacial score (nSPS) is 17.6. The van der Waals surface area contributed by atoms with Gasteiger partial charge < -0.3 is 19.5 Å². The van der Waals surface area contributed by atoms with Gasteiger partial charge in [0.25, 0.3) is 0 Å². The molecule has 2 heterocycles. The molecular weight excluding hydrogens is 528 g/mol. The standard InChI is InChI=1S/C30H40N4O5S/c1-28(2,3)38-26(35)18-33-25-15-24(21(16-31)17-32-25)40-23(20-12-10-9-11-13-20)14-22-19-37-30(7,8)34(22)27(36)39-29(4,5)6/h9-13,15,17,22-23H,14,18-19H2,1-8H3,(H,32,33)/t22-,23?/m0/s1. The summed E-state index contributed by atoms with van der Waals surface area (Å²) in [6.07, 6.45) is 1.63. The van der Waals surface area contributed by atoms with Crippen LogP contribution in [0.2, 0.25) is 0 Å². The van der Waals surface area contributed by atoms with Crippen molar-refractivity contribution in [1.29, 1.82) is 5.26 Å². The molecule has 0 saturated carbocycles. The van der Waals surface area contributed by atoms with E-state index in [9.17, 15) is 14.9 Å². The summed E-state index contributed by atoms with van der Waals surface area (Å²) in [7, 11) is 0. The summed E-state index contributed by atoms with van der Waals surface area (Å²) in [4.78, 5) is 32.1. The van der Waals surface area contributed by atoms with E-state index in [-0.39, 0.29) is 17.8 Å². The van der Waals surface area contributed by atoms with Crippen LogP contribution in [-0.2, 0) is 19.0 Å². The Kier molecular flexibility index (Phi) is 9.75. The predicted octanol–water partition coefficient (Wildman–Crippen LogP) is 6.30. The number of carbonyl (C=O) groups excluding carboxylic acids is 2. The summed E-state index contributed by atoms with van der Waals surface area (Å²) < 4.78 is 17.1. The number of nitriles is 1. The molecule has 1 aliphatic heterocycles. The largest absolute Gasteiger partial charge is 0.459 e. The highest BCUT2D eigenvalue weighted by Gasteiger charge is 2.46. The number of hydrogen-bond donors (Lipinski definition) is 1. The molecule has 1 aromatic heterocycles. The number of benzene rings is 1. The maximum atomic E-state index is 13.2. The monoisotopic (exact) mass is 568 g/mol. The van der Waals surface area contributed by atoms with Crippen molar-refractivity contribution in [2.45, 2.75) is 94.9 Å². The molecule has 1 aliphatic rings. The minimum Gasteiger partial charge on any atom is -0.459 e. The van der Waals surface area contributed by atoms with E-state index in [0.717, 1.165) is 5.56 Å². The highest BCUT2D eigenvalue weighted by atomic mass is 32.2. The minimum absolute atomic E-state index is 0.0538. The lowest BCUT2D eigenvalue weighted by Crippen LogP contribution is -2.50. The zero-order valence-corrected chi connectivity index (χ0v) is 25.4. The number of nitrogens with zero attached hydrogens (tertiary/aromatic N) is 3. The second kappa shape index (κ2) is 12.5. The topological polar surface area (TPSA) is 114 Å². The van der Waals surface area contributed by atoms with Gasteiger partial charge in [0.15, 0.2) is 0 Å². The zero-order valence-electron chi connectivity index (χ0n) is 24.6. The number of rotatable bonds is 8. The summed E-state index contributed by atoms with van der Waals surface area (Å²) >= 11 is 1.51. The number of aromatic nitrogens is 1. The van der Waals surface area contributed by atoms with E-state index in [0.29, 0.717) is 29.3 Å². The van der Waals surface area contributed by atoms with Crippen LogP contribution in [0.5, 0.6) is 0 Å². The van der Waals surface area contributed by atoms with Crippen molar-refractivity contribution >= 4 is 29.6 Å². The Balaban J connectivity index is 1.87. The third kappa shape index (κ3) is 8.86. The van der Waals surface area contributed by atoms with Crippen LogP contribution in [0.1, 0.15) is 78.2 Å². The lowest BCUT2D eigenvalue weighted by Gasteiger charge is -2.36. The number of nitrogens with one attached hydrogen (secondary N) is 1. The molecule has 1 unspecified atom stereocenters. The molecule has 216 valence electrons. The molecule has 1 N–H and O–H groups in total. The fourth-order valence-corrected chi connectivity index (χ4v) is 5.64. The van der Waals surface area contributed by atoms with Crippen molar-refractivity contribution in [3.63, 3.8) is 0 Å². The molecule has 2 atom stereocenters. The molecule has 2 aromatic rings. The Morgan fingerprint density at radius 1 is 1.18 bits per heavy atom. The van der Waals surface area contributed by atoms with Gasteiger partial charge in [-0.05, 0) is 73.4 Å². The second-order valence-corrected chi connectivity index (χ2v) is 13.4. The van der Waals surface area contributed by atoms with Crippen molar-refractivity contribution in [2.75, 3.05) is 18.5 Å². The van der Waals surface area contributed by atoms with Crippen LogP contribution in [0.25, 0.3) is 0 Å². The SMILES string of the molecule is CC(C)(C)OC(=O)CNc1cc(SC(C[C@H]2COC(C)(C)N2C(=O)OC(C)(C)C)c2ccccc2)c(C#N)cn1. The Labute approximate surface area is 241 Å². The number of hydrogen-bond acceptors (Lipinski definition) is 9. The van der Waals surface area contributed by atoms with Crippen molar-refractivity contribution in [3.05, 3.63) is 53.7 Å². The maximum absolute atomic E-state index is 13.2. The first-order valence-corrected chi connectivity index (χ1v) is 14.2. The number of pyridine rings is 1. The van der Waals surface area contributed by atoms with Gasteiger partial charge in [0.2, 0.25) is 0 Å². The molecule has 3 rings (SSSR count). The van der Waals surface area contributed by atoms with Crippen LogP contribution in [0.4, 0.5) is 10.6 Å². The maximum Gasteiger partial charge on any atom is 0.412 e. The number of anilines is 1. The highest BCUT2D eigenvalue weighted by molar-refractivity contribution is 7.99. The second-order valence-electron chi connectivity index (χ2n) is 12.1. The van der Waals surface area contributed by atoms with Gasteiger partial charge in [-0.1, -0.05) is 30.3 Å².